The van der Waals surface area contributed by atoms with E-state index < -0.39 is 41.4 Å². The number of methoxy groups -OCH3 is 2. The Morgan fingerprint density at radius 3 is 2.32 bits per heavy atom. The van der Waals surface area contributed by atoms with Gasteiger partial charge in [-0.2, -0.15) is 0 Å². The lowest BCUT2D eigenvalue weighted by Crippen LogP contribution is -2.55. The molecule has 1 aliphatic carbocycles. The van der Waals surface area contributed by atoms with Gasteiger partial charge in [0.2, 0.25) is 11.8 Å². The molecule has 3 rings (SSSR count). The van der Waals surface area contributed by atoms with Crippen LogP contribution in [0.3, 0.4) is 0 Å². The van der Waals surface area contributed by atoms with Crippen molar-refractivity contribution >= 4 is 17.9 Å². The number of rotatable bonds is 15. The van der Waals surface area contributed by atoms with Crippen molar-refractivity contribution in [3.05, 3.63) is 59.2 Å². The van der Waals surface area contributed by atoms with Gasteiger partial charge in [-0.1, -0.05) is 44.2 Å². The maximum atomic E-state index is 13.9. The molecule has 2 aromatic rings. The van der Waals surface area contributed by atoms with Crippen molar-refractivity contribution < 1.29 is 38.8 Å². The third-order valence-corrected chi connectivity index (χ3v) is 8.57. The smallest absolute Gasteiger partial charge is 0.408 e. The normalized spacial score (nSPS) is 16.1. The van der Waals surface area contributed by atoms with Gasteiger partial charge in [-0.15, -0.1) is 0 Å². The van der Waals surface area contributed by atoms with Gasteiger partial charge in [-0.25, -0.2) is 4.79 Å². The van der Waals surface area contributed by atoms with Crippen molar-refractivity contribution in [2.45, 2.75) is 116 Å². The SMILES string of the molecule is COC(CC(C)(C)C(CCCC(=O)N[C@@H]1CCCc2ccccc21)NC(=O)[C@H](Cc1ccc(O)c(O)c1)NC(=O)OC(C)(C)C)OC. The summed E-state index contributed by atoms with van der Waals surface area (Å²) in [6, 6.07) is 11.0. The van der Waals surface area contributed by atoms with Crippen LogP contribution < -0.4 is 16.0 Å². The zero-order valence-electron chi connectivity index (χ0n) is 28.9. The van der Waals surface area contributed by atoms with Crippen LogP contribution in [0.1, 0.15) is 95.9 Å². The van der Waals surface area contributed by atoms with Crippen molar-refractivity contribution in [3.8, 4) is 11.5 Å². The van der Waals surface area contributed by atoms with Gasteiger partial charge < -0.3 is 40.4 Å². The molecule has 0 bridgehead atoms. The van der Waals surface area contributed by atoms with Crippen molar-refractivity contribution in [2.75, 3.05) is 14.2 Å². The first-order valence-electron chi connectivity index (χ1n) is 16.4. The lowest BCUT2D eigenvalue weighted by Gasteiger charge is -2.38. The van der Waals surface area contributed by atoms with E-state index in [4.69, 9.17) is 14.2 Å². The molecule has 0 radical (unpaired) electrons. The van der Waals surface area contributed by atoms with Crippen LogP contribution in [0.15, 0.2) is 42.5 Å². The maximum Gasteiger partial charge on any atom is 0.408 e. The van der Waals surface area contributed by atoms with Crippen LogP contribution in [-0.4, -0.2) is 66.3 Å². The van der Waals surface area contributed by atoms with Gasteiger partial charge in [0.25, 0.3) is 0 Å². The number of carbonyl (C=O) groups excluding carboxylic acids is 3. The van der Waals surface area contributed by atoms with Gasteiger partial charge >= 0.3 is 6.09 Å². The number of nitrogens with one attached hydrogen (secondary N) is 3. The van der Waals surface area contributed by atoms with Crippen molar-refractivity contribution in [3.63, 3.8) is 0 Å². The monoisotopic (exact) mass is 655 g/mol. The molecule has 0 heterocycles. The highest BCUT2D eigenvalue weighted by atomic mass is 16.7. The number of amides is 3. The number of aryl methyl sites for hydroxylation is 1. The van der Waals surface area contributed by atoms with Gasteiger partial charge in [-0.3, -0.25) is 9.59 Å². The molecule has 3 atom stereocenters. The van der Waals surface area contributed by atoms with Gasteiger partial charge in [0, 0.05) is 39.5 Å². The first kappa shape index (κ1) is 37.6. The average molecular weight is 656 g/mol. The molecule has 3 amide bonds. The molecule has 0 aliphatic heterocycles. The Kier molecular flexibility index (Phi) is 13.5. The van der Waals surface area contributed by atoms with E-state index >= 15 is 0 Å². The molecule has 0 spiro atoms. The number of ether oxygens (including phenoxy) is 3. The van der Waals surface area contributed by atoms with E-state index in [1.807, 2.05) is 26.0 Å². The molecule has 0 aromatic heterocycles. The van der Waals surface area contributed by atoms with E-state index in [9.17, 15) is 24.6 Å². The van der Waals surface area contributed by atoms with Gasteiger partial charge in [0.1, 0.15) is 11.6 Å². The molecule has 5 N–H and O–H groups in total. The molecule has 1 aliphatic rings. The molecule has 11 nitrogen and oxygen atoms in total. The van der Waals surface area contributed by atoms with Crippen molar-refractivity contribution in [2.24, 2.45) is 5.41 Å². The lowest BCUT2D eigenvalue weighted by molar-refractivity contribution is -0.132. The second kappa shape index (κ2) is 16.8. The topological polar surface area (TPSA) is 155 Å². The molecule has 2 aromatic carbocycles. The Morgan fingerprint density at radius 2 is 1.66 bits per heavy atom. The Hall–Kier alpha value is -3.83. The summed E-state index contributed by atoms with van der Waals surface area (Å²) in [5.41, 5.74) is 1.64. The van der Waals surface area contributed by atoms with Gasteiger partial charge in [-0.05, 0) is 87.1 Å². The standard InChI is InChI=1S/C36H53N3O8/c1-35(2,3)47-34(44)38-27(20-23-18-19-28(40)29(41)21-23)33(43)39-30(36(4,5)22-32(45-6)46-7)16-11-17-31(42)37-26-15-10-13-24-12-8-9-14-25(24)26/h8-9,12,14,18-19,21,26-27,30,32,40-41H,10-11,13,15-17,20,22H2,1-7H3,(H,37,42)(H,38,44)(H,39,43)/t26-,27+,30?/m1/s1. The molecular formula is C36H53N3O8. The van der Waals surface area contributed by atoms with Crippen LogP contribution in [0.4, 0.5) is 4.79 Å². The minimum absolute atomic E-state index is 0.0115. The number of aromatic hydroxyl groups is 2. The van der Waals surface area contributed by atoms with Crippen LogP contribution in [0, 0.1) is 5.41 Å². The van der Waals surface area contributed by atoms with E-state index in [-0.39, 0.29) is 36.3 Å². The van der Waals surface area contributed by atoms with Crippen LogP contribution in [0.5, 0.6) is 11.5 Å². The summed E-state index contributed by atoms with van der Waals surface area (Å²) in [4.78, 5) is 39.8. The highest BCUT2D eigenvalue weighted by molar-refractivity contribution is 5.86. The third kappa shape index (κ3) is 11.7. The minimum atomic E-state index is -1.07. The molecule has 0 fully saturated rings. The van der Waals surface area contributed by atoms with Crippen LogP contribution in [0.25, 0.3) is 0 Å². The molecule has 11 heteroatoms. The number of hydrogen-bond donors (Lipinski definition) is 5. The van der Waals surface area contributed by atoms with Crippen molar-refractivity contribution in [1.29, 1.82) is 0 Å². The minimum Gasteiger partial charge on any atom is -0.504 e. The number of fused-ring (bicyclic) bond motifs is 1. The first-order chi connectivity index (χ1) is 22.1. The Labute approximate surface area is 278 Å². The number of alkyl carbamates (subject to hydrolysis) is 1. The number of carbonyl (C=O) groups is 3. The number of benzene rings is 2. The molecule has 47 heavy (non-hydrogen) atoms. The molecule has 0 saturated carbocycles. The summed E-state index contributed by atoms with van der Waals surface area (Å²) >= 11 is 0. The first-order valence-corrected chi connectivity index (χ1v) is 16.4. The maximum absolute atomic E-state index is 13.9. The van der Waals surface area contributed by atoms with E-state index in [2.05, 4.69) is 28.1 Å². The largest absolute Gasteiger partial charge is 0.504 e. The van der Waals surface area contributed by atoms with Crippen LogP contribution >= 0.6 is 0 Å². The number of phenolic OH excluding ortho intramolecular Hbond substituents is 2. The quantitative estimate of drug-likeness (QED) is 0.126. The summed E-state index contributed by atoms with van der Waals surface area (Å²) in [7, 11) is 3.11. The van der Waals surface area contributed by atoms with E-state index in [0.717, 1.165) is 19.3 Å². The van der Waals surface area contributed by atoms with Crippen molar-refractivity contribution in [1.82, 2.24) is 16.0 Å². The lowest BCUT2D eigenvalue weighted by atomic mass is 9.78. The van der Waals surface area contributed by atoms with E-state index in [1.165, 1.54) is 23.3 Å². The highest BCUT2D eigenvalue weighted by Gasteiger charge is 2.36. The fraction of sp³-hybridized carbons (Fsp3) is 0.583. The number of phenols is 2. The van der Waals surface area contributed by atoms with Gasteiger partial charge in [0.05, 0.1) is 6.04 Å². The zero-order valence-corrected chi connectivity index (χ0v) is 28.9. The molecule has 260 valence electrons. The summed E-state index contributed by atoms with van der Waals surface area (Å²) in [5.74, 6) is -1.13. The van der Waals surface area contributed by atoms with Crippen LogP contribution in [0.2, 0.25) is 0 Å². The Balaban J connectivity index is 1.76. The summed E-state index contributed by atoms with van der Waals surface area (Å²) in [5, 5.41) is 28.8. The Bertz CT molecular complexity index is 1350. The Morgan fingerprint density at radius 1 is 0.957 bits per heavy atom. The predicted octanol–water partition coefficient (Wildman–Crippen LogP) is 5.42. The van der Waals surface area contributed by atoms with Gasteiger partial charge in [0.15, 0.2) is 17.8 Å². The molecule has 0 saturated heterocycles. The van der Waals surface area contributed by atoms with E-state index in [0.29, 0.717) is 24.8 Å². The summed E-state index contributed by atoms with van der Waals surface area (Å²) < 4.78 is 16.4. The fourth-order valence-electron chi connectivity index (χ4n) is 5.99. The predicted molar refractivity (Wildman–Crippen MR) is 179 cm³/mol. The second-order valence-electron chi connectivity index (χ2n) is 14.0. The summed E-state index contributed by atoms with van der Waals surface area (Å²) in [6.45, 7) is 9.17. The zero-order chi connectivity index (χ0) is 34.8. The van der Waals surface area contributed by atoms with E-state index in [1.54, 1.807) is 41.1 Å². The number of hydrogen-bond acceptors (Lipinski definition) is 8. The average Bonchev–Trinajstić information content (AvgIpc) is 3.00. The highest BCUT2D eigenvalue weighted by Crippen LogP contribution is 2.33. The fourth-order valence-corrected chi connectivity index (χ4v) is 5.99. The third-order valence-electron chi connectivity index (χ3n) is 8.57. The molecule has 1 unspecified atom stereocenters. The summed E-state index contributed by atoms with van der Waals surface area (Å²) in [6.07, 6.45) is 3.39. The molecular weight excluding hydrogens is 602 g/mol. The second-order valence-corrected chi connectivity index (χ2v) is 14.0. The van der Waals surface area contributed by atoms with Crippen LogP contribution in [-0.2, 0) is 36.6 Å².